The van der Waals surface area contributed by atoms with E-state index in [4.69, 9.17) is 0 Å². The number of hydrogen-bond donors (Lipinski definition) is 2. The van der Waals surface area contributed by atoms with Crippen LogP contribution in [0, 0.1) is 13.8 Å². The van der Waals surface area contributed by atoms with Crippen LogP contribution in [0.1, 0.15) is 21.1 Å². The zero-order chi connectivity index (χ0) is 16.9. The van der Waals surface area contributed by atoms with E-state index in [0.29, 0.717) is 30.5 Å². The topological polar surface area (TPSA) is 84.7 Å². The van der Waals surface area contributed by atoms with Gasteiger partial charge in [0, 0.05) is 31.5 Å². The molecule has 3 aromatic heterocycles. The summed E-state index contributed by atoms with van der Waals surface area (Å²) in [5.74, 6) is 2.01. The normalized spacial score (nSPS) is 10.6. The van der Waals surface area contributed by atoms with Gasteiger partial charge < -0.3 is 10.6 Å². The second-order valence-corrected chi connectivity index (χ2v) is 6.19. The van der Waals surface area contributed by atoms with Crippen LogP contribution in [0.15, 0.2) is 36.0 Å². The van der Waals surface area contributed by atoms with E-state index in [2.05, 4.69) is 25.7 Å². The second kappa shape index (κ2) is 7.22. The third kappa shape index (κ3) is 3.96. The summed E-state index contributed by atoms with van der Waals surface area (Å²) in [5.41, 5.74) is 1.10. The van der Waals surface area contributed by atoms with E-state index in [-0.39, 0.29) is 5.91 Å². The van der Waals surface area contributed by atoms with Crippen molar-refractivity contribution >= 4 is 23.1 Å². The van der Waals surface area contributed by atoms with E-state index in [1.165, 1.54) is 11.3 Å². The molecule has 0 saturated carbocycles. The molecule has 0 saturated heterocycles. The van der Waals surface area contributed by atoms with Crippen LogP contribution in [-0.4, -0.2) is 38.7 Å². The molecule has 3 heterocycles. The molecule has 0 unspecified atom stereocenters. The zero-order valence-corrected chi connectivity index (χ0v) is 14.3. The van der Waals surface area contributed by atoms with Gasteiger partial charge in [0.15, 0.2) is 5.82 Å². The lowest BCUT2D eigenvalue weighted by atomic mass is 10.3. The summed E-state index contributed by atoms with van der Waals surface area (Å²) in [6, 6.07) is 5.55. The van der Waals surface area contributed by atoms with Gasteiger partial charge in [0.05, 0.1) is 4.88 Å². The van der Waals surface area contributed by atoms with Crippen LogP contribution >= 0.6 is 11.3 Å². The Balaban J connectivity index is 1.54. The first kappa shape index (κ1) is 16.1. The number of nitrogens with one attached hydrogen (secondary N) is 2. The van der Waals surface area contributed by atoms with Crippen molar-refractivity contribution < 1.29 is 4.79 Å². The molecular formula is C16H18N6OS. The number of amides is 1. The summed E-state index contributed by atoms with van der Waals surface area (Å²) in [6.45, 7) is 4.89. The highest BCUT2D eigenvalue weighted by molar-refractivity contribution is 7.12. The van der Waals surface area contributed by atoms with Gasteiger partial charge in [-0.3, -0.25) is 4.79 Å². The van der Waals surface area contributed by atoms with E-state index in [1.54, 1.807) is 10.9 Å². The van der Waals surface area contributed by atoms with Crippen molar-refractivity contribution in [3.8, 4) is 5.82 Å². The molecule has 0 aliphatic rings. The Hall–Kier alpha value is -2.74. The number of aryl methyl sites for hydroxylation is 2. The summed E-state index contributed by atoms with van der Waals surface area (Å²) < 4.78 is 1.68. The van der Waals surface area contributed by atoms with Gasteiger partial charge in [0.2, 0.25) is 0 Å². The maximum atomic E-state index is 12.0. The van der Waals surface area contributed by atoms with Crippen LogP contribution in [0.5, 0.6) is 0 Å². The van der Waals surface area contributed by atoms with Crippen molar-refractivity contribution in [1.29, 1.82) is 0 Å². The third-order valence-corrected chi connectivity index (χ3v) is 4.28. The lowest BCUT2D eigenvalue weighted by Crippen LogP contribution is -2.28. The van der Waals surface area contributed by atoms with Crippen LogP contribution in [0.3, 0.4) is 0 Å². The molecule has 1 amide bonds. The highest BCUT2D eigenvalue weighted by Crippen LogP contribution is 2.13. The molecule has 2 N–H and O–H groups in total. The van der Waals surface area contributed by atoms with Gasteiger partial charge in [-0.15, -0.1) is 11.3 Å². The van der Waals surface area contributed by atoms with Gasteiger partial charge in [0.25, 0.3) is 5.91 Å². The number of nitrogens with zero attached hydrogens (tertiary/aromatic N) is 4. The summed E-state index contributed by atoms with van der Waals surface area (Å²) in [4.78, 5) is 21.4. The van der Waals surface area contributed by atoms with E-state index in [9.17, 15) is 4.79 Å². The predicted octanol–water partition coefficient (Wildman–Crippen LogP) is 2.18. The molecule has 24 heavy (non-hydrogen) atoms. The quantitative estimate of drug-likeness (QED) is 0.671. The Kier molecular flexibility index (Phi) is 4.85. The molecule has 0 aromatic carbocycles. The van der Waals surface area contributed by atoms with Gasteiger partial charge in [-0.1, -0.05) is 0 Å². The molecule has 3 aromatic rings. The lowest BCUT2D eigenvalue weighted by Gasteiger charge is -2.09. The third-order valence-electron chi connectivity index (χ3n) is 3.23. The van der Waals surface area contributed by atoms with Crippen LogP contribution in [-0.2, 0) is 0 Å². The van der Waals surface area contributed by atoms with Gasteiger partial charge in [-0.2, -0.15) is 5.10 Å². The molecule has 7 nitrogen and oxygen atoms in total. The van der Waals surface area contributed by atoms with E-state index < -0.39 is 0 Å². The number of hydrogen-bond acceptors (Lipinski definition) is 6. The number of anilines is 1. The monoisotopic (exact) mass is 342 g/mol. The van der Waals surface area contributed by atoms with Gasteiger partial charge >= 0.3 is 0 Å². The standard InChI is InChI=1S/C16H18N6OS/c1-11-8-13(24-10-11)16(23)18-6-5-17-14-9-15(21-12(2)20-14)22-7-3-4-19-22/h3-4,7-10H,5-6H2,1-2H3,(H,18,23)(H,17,20,21). The smallest absolute Gasteiger partial charge is 0.261 e. The fourth-order valence-electron chi connectivity index (χ4n) is 2.17. The molecule has 0 spiro atoms. The Morgan fingerprint density at radius 1 is 1.25 bits per heavy atom. The van der Waals surface area contributed by atoms with Gasteiger partial charge in [0.1, 0.15) is 11.6 Å². The van der Waals surface area contributed by atoms with Crippen LogP contribution < -0.4 is 10.6 Å². The van der Waals surface area contributed by atoms with Crippen molar-refractivity contribution in [2.45, 2.75) is 13.8 Å². The van der Waals surface area contributed by atoms with Crippen molar-refractivity contribution in [3.63, 3.8) is 0 Å². The first-order valence-electron chi connectivity index (χ1n) is 7.55. The van der Waals surface area contributed by atoms with Crippen molar-refractivity contribution in [2.75, 3.05) is 18.4 Å². The summed E-state index contributed by atoms with van der Waals surface area (Å²) in [6.07, 6.45) is 3.53. The highest BCUT2D eigenvalue weighted by Gasteiger charge is 2.07. The highest BCUT2D eigenvalue weighted by atomic mass is 32.1. The second-order valence-electron chi connectivity index (χ2n) is 5.28. The minimum Gasteiger partial charge on any atom is -0.368 e. The van der Waals surface area contributed by atoms with Gasteiger partial charge in [-0.05, 0) is 36.9 Å². The average Bonchev–Trinajstić information content (AvgIpc) is 3.22. The van der Waals surface area contributed by atoms with Crippen molar-refractivity contribution in [2.24, 2.45) is 0 Å². The van der Waals surface area contributed by atoms with E-state index in [0.717, 1.165) is 10.4 Å². The lowest BCUT2D eigenvalue weighted by molar-refractivity contribution is 0.0959. The van der Waals surface area contributed by atoms with Crippen LogP contribution in [0.25, 0.3) is 5.82 Å². The Morgan fingerprint density at radius 2 is 2.12 bits per heavy atom. The minimum absolute atomic E-state index is 0.0500. The number of rotatable bonds is 6. The first-order chi connectivity index (χ1) is 11.6. The largest absolute Gasteiger partial charge is 0.368 e. The van der Waals surface area contributed by atoms with Crippen molar-refractivity contribution in [3.05, 3.63) is 52.2 Å². The fraction of sp³-hybridized carbons (Fsp3) is 0.250. The van der Waals surface area contributed by atoms with E-state index >= 15 is 0 Å². The molecule has 0 fully saturated rings. The summed E-state index contributed by atoms with van der Waals surface area (Å²) in [7, 11) is 0. The maximum Gasteiger partial charge on any atom is 0.261 e. The molecule has 0 bridgehead atoms. The number of aromatic nitrogens is 4. The fourth-order valence-corrected chi connectivity index (χ4v) is 2.98. The number of carbonyl (C=O) groups is 1. The molecule has 8 heteroatoms. The zero-order valence-electron chi connectivity index (χ0n) is 13.5. The minimum atomic E-state index is -0.0500. The van der Waals surface area contributed by atoms with Gasteiger partial charge in [-0.25, -0.2) is 14.6 Å². The Bertz CT molecular complexity index is 827. The maximum absolute atomic E-state index is 12.0. The van der Waals surface area contributed by atoms with E-state index in [1.807, 2.05) is 43.6 Å². The molecule has 124 valence electrons. The summed E-state index contributed by atoms with van der Waals surface area (Å²) >= 11 is 1.45. The molecule has 3 rings (SSSR count). The van der Waals surface area contributed by atoms with Crippen LogP contribution in [0.2, 0.25) is 0 Å². The molecule has 0 aliphatic heterocycles. The molecule has 0 radical (unpaired) electrons. The number of thiophene rings is 1. The molecule has 0 atom stereocenters. The predicted molar refractivity (Wildman–Crippen MR) is 93.8 cm³/mol. The Morgan fingerprint density at radius 3 is 2.83 bits per heavy atom. The molecule has 0 aliphatic carbocycles. The van der Waals surface area contributed by atoms with Crippen molar-refractivity contribution in [1.82, 2.24) is 25.1 Å². The molecular weight excluding hydrogens is 324 g/mol. The van der Waals surface area contributed by atoms with Crippen LogP contribution in [0.4, 0.5) is 5.82 Å². The average molecular weight is 342 g/mol. The first-order valence-corrected chi connectivity index (χ1v) is 8.43. The number of carbonyl (C=O) groups excluding carboxylic acids is 1. The summed E-state index contributed by atoms with van der Waals surface area (Å²) in [5, 5.41) is 12.2. The Labute approximate surface area is 143 Å². The SMILES string of the molecule is Cc1csc(C(=O)NCCNc2cc(-n3cccn3)nc(C)n2)c1.